The minimum atomic E-state index is -0.325. The van der Waals surface area contributed by atoms with Crippen molar-refractivity contribution in [3.8, 4) is 0 Å². The molecular formula is C40H56O. The van der Waals surface area contributed by atoms with E-state index in [4.69, 9.17) is 0 Å². The Morgan fingerprint density at radius 1 is 0.756 bits per heavy atom. The molecule has 0 aromatic heterocycles. The molecule has 2 aliphatic rings. The molecule has 0 radical (unpaired) electrons. The molecule has 0 aromatic rings. The largest absolute Gasteiger partial charge is 0.389 e. The summed E-state index contributed by atoms with van der Waals surface area (Å²) >= 11 is 0. The predicted molar refractivity (Wildman–Crippen MR) is 183 cm³/mol. The molecule has 0 heterocycles. The molecule has 0 amide bonds. The summed E-state index contributed by atoms with van der Waals surface area (Å²) in [5.74, 6) is 0.356. The van der Waals surface area contributed by atoms with Crippen molar-refractivity contribution in [2.75, 3.05) is 0 Å². The number of aliphatic hydroxyl groups is 1. The minimum absolute atomic E-state index is 0.0649. The Hall–Kier alpha value is -2.90. The van der Waals surface area contributed by atoms with Crippen molar-refractivity contribution < 1.29 is 5.11 Å². The van der Waals surface area contributed by atoms with E-state index in [2.05, 4.69) is 154 Å². The lowest BCUT2D eigenvalue weighted by Gasteiger charge is -2.38. The molecule has 1 N–H and O–H groups in total. The van der Waals surface area contributed by atoms with Crippen LogP contribution in [0.4, 0.5) is 0 Å². The quantitative estimate of drug-likeness (QED) is 0.211. The average Bonchev–Trinajstić information content (AvgIpc) is 2.84. The molecule has 0 aliphatic heterocycles. The van der Waals surface area contributed by atoms with Crippen LogP contribution in [0.1, 0.15) is 94.9 Å². The van der Waals surface area contributed by atoms with Crippen LogP contribution in [0.2, 0.25) is 0 Å². The molecule has 0 aromatic carbocycles. The maximum Gasteiger partial charge on any atom is 0.0729 e. The first kappa shape index (κ1) is 34.3. The van der Waals surface area contributed by atoms with Gasteiger partial charge in [0.05, 0.1) is 6.10 Å². The van der Waals surface area contributed by atoms with Crippen LogP contribution in [0.15, 0.2) is 130 Å². The number of aliphatic hydroxyl groups excluding tert-OH is 1. The Morgan fingerprint density at radius 3 is 1.80 bits per heavy atom. The molecule has 2 atom stereocenters. The van der Waals surface area contributed by atoms with Gasteiger partial charge in [0.2, 0.25) is 0 Å². The van der Waals surface area contributed by atoms with Crippen LogP contribution in [0.3, 0.4) is 0 Å². The van der Waals surface area contributed by atoms with E-state index in [1.807, 2.05) is 6.08 Å². The highest BCUT2D eigenvalue weighted by atomic mass is 16.3. The Morgan fingerprint density at radius 2 is 1.27 bits per heavy atom. The fraction of sp³-hybridized carbons (Fsp3) is 0.450. The molecule has 0 fully saturated rings. The summed E-state index contributed by atoms with van der Waals surface area (Å²) in [5, 5.41) is 10.1. The summed E-state index contributed by atoms with van der Waals surface area (Å²) in [6, 6.07) is 0. The molecule has 0 unspecified atom stereocenters. The summed E-state index contributed by atoms with van der Waals surface area (Å²) in [6.07, 6.45) is 36.7. The first-order valence-corrected chi connectivity index (χ1v) is 15.4. The van der Waals surface area contributed by atoms with Gasteiger partial charge in [-0.2, -0.15) is 0 Å². The Balaban J connectivity index is 1.89. The van der Waals surface area contributed by atoms with Gasteiger partial charge in [0, 0.05) is 5.92 Å². The van der Waals surface area contributed by atoms with Crippen LogP contribution in [-0.2, 0) is 0 Å². The fourth-order valence-corrected chi connectivity index (χ4v) is 5.97. The standard InChI is InChI=1S/C40H56O/c1-30(18-13-20-32(3)23-25-37-34(5)22-15-27-39(37,7)8)16-11-12-17-31(2)19-14-21-33(4)24-26-38-35(6)28-36(41)29-40(38,9)10/h11-14,16-21,23-26,28,36,38,41H,15,22,27,29H2,1-10H3/b12-11+,18-13+,19-14+,25-23+,26-24+,30-16+,31-17+,32-20+,33-21+/t36-,38+/m1/s1. The van der Waals surface area contributed by atoms with Gasteiger partial charge in [-0.15, -0.1) is 0 Å². The number of allylic oxidation sites excluding steroid dienone is 21. The normalized spacial score (nSPS) is 25.1. The third-order valence-electron chi connectivity index (χ3n) is 8.40. The molecule has 0 saturated carbocycles. The molecule has 0 saturated heterocycles. The average molecular weight is 553 g/mol. The second-order valence-corrected chi connectivity index (χ2v) is 13.5. The van der Waals surface area contributed by atoms with Crippen molar-refractivity contribution in [1.29, 1.82) is 0 Å². The van der Waals surface area contributed by atoms with Gasteiger partial charge in [0.15, 0.2) is 0 Å². The monoisotopic (exact) mass is 552 g/mol. The molecule has 1 nitrogen and oxygen atoms in total. The van der Waals surface area contributed by atoms with E-state index in [1.54, 1.807) is 5.57 Å². The number of hydrogen-bond donors (Lipinski definition) is 1. The first-order valence-electron chi connectivity index (χ1n) is 15.4. The van der Waals surface area contributed by atoms with E-state index in [9.17, 15) is 5.11 Å². The highest BCUT2D eigenvalue weighted by molar-refractivity contribution is 5.37. The van der Waals surface area contributed by atoms with Crippen LogP contribution in [0, 0.1) is 16.7 Å². The fourth-order valence-electron chi connectivity index (χ4n) is 5.97. The summed E-state index contributed by atoms with van der Waals surface area (Å²) in [5.41, 5.74) is 9.56. The lowest BCUT2D eigenvalue weighted by atomic mass is 9.67. The van der Waals surface area contributed by atoms with E-state index in [0.717, 1.165) is 6.42 Å². The zero-order chi connectivity index (χ0) is 30.6. The van der Waals surface area contributed by atoms with Crippen molar-refractivity contribution in [3.63, 3.8) is 0 Å². The molecule has 41 heavy (non-hydrogen) atoms. The minimum Gasteiger partial charge on any atom is -0.389 e. The van der Waals surface area contributed by atoms with Crippen molar-refractivity contribution in [2.45, 2.75) is 101 Å². The second-order valence-electron chi connectivity index (χ2n) is 13.5. The van der Waals surface area contributed by atoms with Crippen molar-refractivity contribution in [2.24, 2.45) is 16.7 Å². The lowest BCUT2D eigenvalue weighted by molar-refractivity contribution is 0.117. The molecule has 222 valence electrons. The van der Waals surface area contributed by atoms with E-state index in [1.165, 1.54) is 52.7 Å². The summed E-state index contributed by atoms with van der Waals surface area (Å²) in [6.45, 7) is 22.2. The second kappa shape index (κ2) is 15.9. The van der Waals surface area contributed by atoms with E-state index in [-0.39, 0.29) is 16.9 Å². The Bertz CT molecular complexity index is 1240. The van der Waals surface area contributed by atoms with Gasteiger partial charge in [-0.05, 0) is 83.6 Å². The zero-order valence-electron chi connectivity index (χ0n) is 27.6. The van der Waals surface area contributed by atoms with Crippen LogP contribution in [0.5, 0.6) is 0 Å². The smallest absolute Gasteiger partial charge is 0.0729 e. The summed E-state index contributed by atoms with van der Waals surface area (Å²) < 4.78 is 0. The predicted octanol–water partition coefficient (Wildman–Crippen LogP) is 11.4. The molecule has 2 rings (SSSR count). The van der Waals surface area contributed by atoms with Crippen molar-refractivity contribution >= 4 is 0 Å². The topological polar surface area (TPSA) is 20.2 Å². The summed E-state index contributed by atoms with van der Waals surface area (Å²) in [4.78, 5) is 0. The molecule has 0 spiro atoms. The Labute approximate surface area is 252 Å². The van der Waals surface area contributed by atoms with Gasteiger partial charge in [-0.1, -0.05) is 152 Å². The van der Waals surface area contributed by atoms with E-state index < -0.39 is 0 Å². The number of hydrogen-bond acceptors (Lipinski definition) is 1. The highest BCUT2D eigenvalue weighted by Gasteiger charge is 2.34. The zero-order valence-corrected chi connectivity index (χ0v) is 27.6. The number of rotatable bonds is 10. The molecular weight excluding hydrogens is 496 g/mol. The summed E-state index contributed by atoms with van der Waals surface area (Å²) in [7, 11) is 0. The SMILES string of the molecule is CC1=C[C@@H](O)CC(C)(C)[C@H]1/C=C/C(C)=C/C=C/C(C)=C/C=C/C=C(C)/C=C/C=C(C)/C=C/C1=C(C)CCCC1(C)C. The third kappa shape index (κ3) is 11.9. The molecule has 1 heteroatoms. The van der Waals surface area contributed by atoms with Gasteiger partial charge in [-0.3, -0.25) is 0 Å². The van der Waals surface area contributed by atoms with Crippen LogP contribution in [-0.4, -0.2) is 11.2 Å². The van der Waals surface area contributed by atoms with Gasteiger partial charge < -0.3 is 5.11 Å². The first-order chi connectivity index (χ1) is 19.2. The van der Waals surface area contributed by atoms with Gasteiger partial charge in [-0.25, -0.2) is 0 Å². The van der Waals surface area contributed by atoms with E-state index in [0.29, 0.717) is 5.92 Å². The third-order valence-corrected chi connectivity index (χ3v) is 8.40. The Kier molecular flexibility index (Phi) is 13.3. The van der Waals surface area contributed by atoms with Crippen LogP contribution < -0.4 is 0 Å². The van der Waals surface area contributed by atoms with Crippen LogP contribution in [0.25, 0.3) is 0 Å². The van der Waals surface area contributed by atoms with E-state index >= 15 is 0 Å². The maximum absolute atomic E-state index is 10.1. The maximum atomic E-state index is 10.1. The van der Waals surface area contributed by atoms with Gasteiger partial charge >= 0.3 is 0 Å². The van der Waals surface area contributed by atoms with Gasteiger partial charge in [0.1, 0.15) is 0 Å². The molecule has 2 aliphatic carbocycles. The lowest BCUT2D eigenvalue weighted by Crippen LogP contribution is -2.32. The van der Waals surface area contributed by atoms with Crippen molar-refractivity contribution in [3.05, 3.63) is 130 Å². The highest BCUT2D eigenvalue weighted by Crippen LogP contribution is 2.42. The van der Waals surface area contributed by atoms with Crippen LogP contribution >= 0.6 is 0 Å². The van der Waals surface area contributed by atoms with Crippen molar-refractivity contribution in [1.82, 2.24) is 0 Å². The molecule has 0 bridgehead atoms. The van der Waals surface area contributed by atoms with Gasteiger partial charge in [0.25, 0.3) is 0 Å².